The Morgan fingerprint density at radius 2 is 1.97 bits per heavy atom. The first-order chi connectivity index (χ1) is 15.5. The largest absolute Gasteiger partial charge is 0.497 e. The Balaban J connectivity index is 1.82. The first kappa shape index (κ1) is 21.5. The zero-order valence-electron chi connectivity index (χ0n) is 18.2. The van der Waals surface area contributed by atoms with E-state index in [1.54, 1.807) is 36.5 Å². The highest BCUT2D eigenvalue weighted by Gasteiger charge is 2.22. The minimum absolute atomic E-state index is 0.0611. The number of nitrogens with zero attached hydrogens (tertiary/aromatic N) is 5. The van der Waals surface area contributed by atoms with Gasteiger partial charge in [-0.25, -0.2) is 4.68 Å². The van der Waals surface area contributed by atoms with E-state index in [1.807, 2.05) is 61.8 Å². The summed E-state index contributed by atoms with van der Waals surface area (Å²) in [6.07, 6.45) is 1.49. The second kappa shape index (κ2) is 9.19. The fraction of sp³-hybridized carbons (Fsp3) is 0.217. The molecule has 0 saturated heterocycles. The summed E-state index contributed by atoms with van der Waals surface area (Å²) < 4.78 is 12.5. The number of aromatic nitrogens is 4. The van der Waals surface area contributed by atoms with Gasteiger partial charge in [-0.1, -0.05) is 6.07 Å². The van der Waals surface area contributed by atoms with Gasteiger partial charge in [0.1, 0.15) is 17.8 Å². The summed E-state index contributed by atoms with van der Waals surface area (Å²) in [4.78, 5) is 16.3. The molecule has 1 unspecified atom stereocenters. The average molecular weight is 450 g/mol. The monoisotopic (exact) mass is 449 g/mol. The summed E-state index contributed by atoms with van der Waals surface area (Å²) in [6, 6.07) is 15.0. The molecule has 164 valence electrons. The maximum absolute atomic E-state index is 13.5. The molecule has 0 aliphatic heterocycles. The zero-order valence-corrected chi connectivity index (χ0v) is 19.0. The second-order valence-electron chi connectivity index (χ2n) is 7.20. The van der Waals surface area contributed by atoms with Crippen LogP contribution in [-0.4, -0.2) is 52.3 Å². The van der Waals surface area contributed by atoms with E-state index in [-0.39, 0.29) is 11.9 Å². The lowest BCUT2D eigenvalue weighted by molar-refractivity contribution is 0.0745. The molecule has 0 N–H and O–H groups in total. The fourth-order valence-corrected chi connectivity index (χ4v) is 4.27. The Bertz CT molecular complexity index is 1210. The number of thiophene rings is 1. The quantitative estimate of drug-likeness (QED) is 0.420. The number of benzene rings is 2. The van der Waals surface area contributed by atoms with Crippen LogP contribution in [0, 0.1) is 0 Å². The lowest BCUT2D eigenvalue weighted by Crippen LogP contribution is -2.29. The van der Waals surface area contributed by atoms with E-state index in [0.717, 1.165) is 16.0 Å². The normalized spacial score (nSPS) is 11.8. The number of methoxy groups -OCH3 is 2. The van der Waals surface area contributed by atoms with Gasteiger partial charge in [0.15, 0.2) is 0 Å². The van der Waals surface area contributed by atoms with Crippen LogP contribution in [0.15, 0.2) is 60.2 Å². The van der Waals surface area contributed by atoms with Crippen LogP contribution in [0.2, 0.25) is 0 Å². The first-order valence-corrected chi connectivity index (χ1v) is 10.8. The van der Waals surface area contributed by atoms with E-state index in [2.05, 4.69) is 15.5 Å². The van der Waals surface area contributed by atoms with Gasteiger partial charge >= 0.3 is 0 Å². The molecule has 0 aliphatic rings. The third-order valence-electron chi connectivity index (χ3n) is 5.35. The van der Waals surface area contributed by atoms with Gasteiger partial charge in [-0.15, -0.1) is 16.4 Å². The van der Waals surface area contributed by atoms with Crippen molar-refractivity contribution in [3.63, 3.8) is 0 Å². The number of amides is 1. The Hall–Kier alpha value is -3.72. The van der Waals surface area contributed by atoms with Crippen LogP contribution in [0.1, 0.15) is 28.2 Å². The summed E-state index contributed by atoms with van der Waals surface area (Å²) in [5, 5.41) is 13.5. The third kappa shape index (κ3) is 4.19. The second-order valence-corrected chi connectivity index (χ2v) is 8.18. The van der Waals surface area contributed by atoms with Crippen LogP contribution in [0.3, 0.4) is 0 Å². The molecule has 32 heavy (non-hydrogen) atoms. The SMILES string of the molecule is COc1ccc(OC)c(-c2cc(C(=O)N(C)C(C)c3cccs3)cc(-n3cnnn3)c2)c1. The average Bonchev–Trinajstić information content (AvgIpc) is 3.56. The molecular formula is C23H23N5O3S. The van der Waals surface area contributed by atoms with Gasteiger partial charge in [0, 0.05) is 23.1 Å². The molecule has 0 bridgehead atoms. The van der Waals surface area contributed by atoms with Crippen molar-refractivity contribution in [2.75, 3.05) is 21.3 Å². The van der Waals surface area contributed by atoms with Gasteiger partial charge in [-0.05, 0) is 70.8 Å². The number of carbonyl (C=O) groups excluding carboxylic acids is 1. The van der Waals surface area contributed by atoms with Gasteiger partial charge in [-0.3, -0.25) is 4.79 Å². The molecule has 4 aromatic rings. The standard InChI is InChI=1S/C23H23N5O3S/c1-15(22-6-5-9-32-22)27(2)23(29)17-10-16(11-18(12-17)28-14-24-25-26-28)20-13-19(30-3)7-8-21(20)31-4/h5-15H,1-4H3. The molecule has 0 spiro atoms. The van der Waals surface area contributed by atoms with Crippen molar-refractivity contribution in [2.45, 2.75) is 13.0 Å². The van der Waals surface area contributed by atoms with Gasteiger partial charge in [0.25, 0.3) is 5.91 Å². The molecular weight excluding hydrogens is 426 g/mol. The minimum atomic E-state index is -0.107. The van der Waals surface area contributed by atoms with Crippen LogP contribution in [0.4, 0.5) is 0 Å². The van der Waals surface area contributed by atoms with E-state index in [1.165, 1.54) is 11.0 Å². The van der Waals surface area contributed by atoms with Crippen molar-refractivity contribution in [2.24, 2.45) is 0 Å². The Morgan fingerprint density at radius 3 is 2.62 bits per heavy atom. The first-order valence-electron chi connectivity index (χ1n) is 9.93. The molecule has 1 atom stereocenters. The topological polar surface area (TPSA) is 82.4 Å². The number of rotatable bonds is 7. The highest BCUT2D eigenvalue weighted by Crippen LogP contribution is 2.35. The van der Waals surface area contributed by atoms with Gasteiger partial charge in [-0.2, -0.15) is 0 Å². The Kier molecular flexibility index (Phi) is 6.18. The molecule has 0 fully saturated rings. The van der Waals surface area contributed by atoms with E-state index in [0.29, 0.717) is 22.7 Å². The maximum Gasteiger partial charge on any atom is 0.254 e. The van der Waals surface area contributed by atoms with Crippen LogP contribution in [-0.2, 0) is 0 Å². The molecule has 0 saturated carbocycles. The molecule has 0 radical (unpaired) electrons. The zero-order chi connectivity index (χ0) is 22.7. The summed E-state index contributed by atoms with van der Waals surface area (Å²) in [5.74, 6) is 1.24. The molecule has 2 aromatic carbocycles. The molecule has 4 rings (SSSR count). The predicted molar refractivity (Wildman–Crippen MR) is 123 cm³/mol. The third-order valence-corrected chi connectivity index (χ3v) is 6.39. The van der Waals surface area contributed by atoms with Gasteiger partial charge in [0.05, 0.1) is 25.9 Å². The maximum atomic E-state index is 13.5. The van der Waals surface area contributed by atoms with Gasteiger partial charge in [0.2, 0.25) is 0 Å². The van der Waals surface area contributed by atoms with Crippen LogP contribution >= 0.6 is 11.3 Å². The van der Waals surface area contributed by atoms with Crippen LogP contribution in [0.5, 0.6) is 11.5 Å². The molecule has 2 aromatic heterocycles. The number of tetrazole rings is 1. The molecule has 9 heteroatoms. The minimum Gasteiger partial charge on any atom is -0.497 e. The Labute approximate surface area is 190 Å². The van der Waals surface area contributed by atoms with Crippen molar-refractivity contribution in [1.29, 1.82) is 0 Å². The molecule has 8 nitrogen and oxygen atoms in total. The van der Waals surface area contributed by atoms with Crippen molar-refractivity contribution in [3.8, 4) is 28.3 Å². The van der Waals surface area contributed by atoms with Crippen LogP contribution < -0.4 is 9.47 Å². The molecule has 2 heterocycles. The highest BCUT2D eigenvalue weighted by atomic mass is 32.1. The van der Waals surface area contributed by atoms with Crippen molar-refractivity contribution >= 4 is 17.2 Å². The number of carbonyl (C=O) groups is 1. The lowest BCUT2D eigenvalue weighted by atomic mass is 9.99. The van der Waals surface area contributed by atoms with E-state index in [9.17, 15) is 4.79 Å². The number of ether oxygens (including phenoxy) is 2. The molecule has 0 aliphatic carbocycles. The van der Waals surface area contributed by atoms with Crippen LogP contribution in [0.25, 0.3) is 16.8 Å². The summed E-state index contributed by atoms with van der Waals surface area (Å²) in [5.41, 5.74) is 2.76. The Morgan fingerprint density at radius 1 is 1.12 bits per heavy atom. The lowest BCUT2D eigenvalue weighted by Gasteiger charge is -2.25. The van der Waals surface area contributed by atoms with E-state index >= 15 is 0 Å². The smallest absolute Gasteiger partial charge is 0.254 e. The summed E-state index contributed by atoms with van der Waals surface area (Å²) in [7, 11) is 5.03. The van der Waals surface area contributed by atoms with E-state index in [4.69, 9.17) is 9.47 Å². The van der Waals surface area contributed by atoms with Crippen molar-refractivity contribution in [3.05, 3.63) is 70.7 Å². The highest BCUT2D eigenvalue weighted by molar-refractivity contribution is 7.10. The van der Waals surface area contributed by atoms with E-state index < -0.39 is 0 Å². The summed E-state index contributed by atoms with van der Waals surface area (Å²) in [6.45, 7) is 2.01. The predicted octanol–water partition coefficient (Wildman–Crippen LogP) is 4.24. The van der Waals surface area contributed by atoms with Crippen molar-refractivity contribution < 1.29 is 14.3 Å². The van der Waals surface area contributed by atoms with Gasteiger partial charge < -0.3 is 14.4 Å². The summed E-state index contributed by atoms with van der Waals surface area (Å²) >= 11 is 1.63. The number of hydrogen-bond donors (Lipinski definition) is 0. The molecule has 1 amide bonds. The van der Waals surface area contributed by atoms with Crippen molar-refractivity contribution in [1.82, 2.24) is 25.1 Å². The fourth-order valence-electron chi connectivity index (χ4n) is 3.44. The number of hydrogen-bond acceptors (Lipinski definition) is 7.